The molecule has 2 aliphatic rings. The minimum absolute atomic E-state index is 0.139. The molecule has 0 spiro atoms. The summed E-state index contributed by atoms with van der Waals surface area (Å²) in [5.74, 6) is 0.797. The van der Waals surface area contributed by atoms with Gasteiger partial charge in [0, 0.05) is 32.4 Å². The Labute approximate surface area is 155 Å². The quantitative estimate of drug-likeness (QED) is 0.856. The second-order valence-corrected chi connectivity index (χ2v) is 9.47. The van der Waals surface area contributed by atoms with Crippen molar-refractivity contribution in [3.8, 4) is 0 Å². The molecule has 2 heterocycles. The van der Waals surface area contributed by atoms with Gasteiger partial charge in [0.15, 0.2) is 0 Å². The SMILES string of the molecule is CC1CCCC(NC(=O)c2cc(S(=O)(=O)N3CCOCC3)cn2C)C1C. The van der Waals surface area contributed by atoms with Gasteiger partial charge in [-0.3, -0.25) is 4.79 Å². The zero-order valence-corrected chi connectivity index (χ0v) is 16.6. The summed E-state index contributed by atoms with van der Waals surface area (Å²) in [6, 6.07) is 1.62. The monoisotopic (exact) mass is 383 g/mol. The van der Waals surface area contributed by atoms with Gasteiger partial charge in [0.1, 0.15) is 10.6 Å². The molecule has 146 valence electrons. The molecule has 1 aromatic heterocycles. The summed E-state index contributed by atoms with van der Waals surface area (Å²) in [7, 11) is -1.89. The number of hydrogen-bond acceptors (Lipinski definition) is 4. The van der Waals surface area contributed by atoms with E-state index in [2.05, 4.69) is 19.2 Å². The molecule has 26 heavy (non-hydrogen) atoms. The van der Waals surface area contributed by atoms with Crippen LogP contribution >= 0.6 is 0 Å². The van der Waals surface area contributed by atoms with Crippen LogP contribution in [0.2, 0.25) is 0 Å². The third-order valence-electron chi connectivity index (χ3n) is 5.84. The van der Waals surface area contributed by atoms with Gasteiger partial charge in [-0.25, -0.2) is 8.42 Å². The Morgan fingerprint density at radius 1 is 1.23 bits per heavy atom. The van der Waals surface area contributed by atoms with Crippen molar-refractivity contribution in [1.82, 2.24) is 14.2 Å². The number of hydrogen-bond donors (Lipinski definition) is 1. The van der Waals surface area contributed by atoms with E-state index in [-0.39, 0.29) is 16.8 Å². The Hall–Kier alpha value is -1.38. The van der Waals surface area contributed by atoms with E-state index in [0.717, 1.165) is 12.8 Å². The highest BCUT2D eigenvalue weighted by Crippen LogP contribution is 2.30. The number of nitrogens with one attached hydrogen (secondary N) is 1. The van der Waals surface area contributed by atoms with Crippen molar-refractivity contribution in [2.45, 2.75) is 44.0 Å². The van der Waals surface area contributed by atoms with Crippen molar-refractivity contribution in [1.29, 1.82) is 0 Å². The van der Waals surface area contributed by atoms with Crippen LogP contribution < -0.4 is 5.32 Å². The van der Waals surface area contributed by atoms with Crippen molar-refractivity contribution >= 4 is 15.9 Å². The minimum Gasteiger partial charge on any atom is -0.379 e. The smallest absolute Gasteiger partial charge is 0.268 e. The van der Waals surface area contributed by atoms with Crippen molar-refractivity contribution in [3.63, 3.8) is 0 Å². The van der Waals surface area contributed by atoms with Crippen LogP contribution in [0.25, 0.3) is 0 Å². The lowest BCUT2D eigenvalue weighted by Crippen LogP contribution is -2.44. The second kappa shape index (κ2) is 7.70. The largest absolute Gasteiger partial charge is 0.379 e. The molecule has 1 saturated carbocycles. The van der Waals surface area contributed by atoms with E-state index in [0.29, 0.717) is 43.8 Å². The molecule has 8 heteroatoms. The number of aryl methyl sites for hydroxylation is 1. The van der Waals surface area contributed by atoms with E-state index in [1.807, 2.05) is 0 Å². The summed E-state index contributed by atoms with van der Waals surface area (Å²) in [6.45, 7) is 5.88. The van der Waals surface area contributed by atoms with Gasteiger partial charge in [-0.1, -0.05) is 26.7 Å². The van der Waals surface area contributed by atoms with E-state index < -0.39 is 10.0 Å². The molecule has 0 bridgehead atoms. The second-order valence-electron chi connectivity index (χ2n) is 7.54. The van der Waals surface area contributed by atoms with Crippen LogP contribution in [0.3, 0.4) is 0 Å². The molecule has 7 nitrogen and oxygen atoms in total. The molecular formula is C18H29N3O4S. The van der Waals surface area contributed by atoms with E-state index in [1.165, 1.54) is 23.0 Å². The van der Waals surface area contributed by atoms with E-state index >= 15 is 0 Å². The zero-order valence-electron chi connectivity index (χ0n) is 15.8. The van der Waals surface area contributed by atoms with Gasteiger partial charge < -0.3 is 14.6 Å². The average molecular weight is 384 g/mol. The summed E-state index contributed by atoms with van der Waals surface area (Å²) in [5, 5.41) is 3.11. The number of morpholine rings is 1. The Morgan fingerprint density at radius 3 is 2.62 bits per heavy atom. The molecule has 1 aromatic rings. The number of carbonyl (C=O) groups excluding carboxylic acids is 1. The predicted molar refractivity (Wildman–Crippen MR) is 98.4 cm³/mol. The highest BCUT2D eigenvalue weighted by atomic mass is 32.2. The van der Waals surface area contributed by atoms with Crippen molar-refractivity contribution in [3.05, 3.63) is 18.0 Å². The summed E-state index contributed by atoms with van der Waals surface area (Å²) in [5.41, 5.74) is 0.377. The molecule has 1 saturated heterocycles. The highest BCUT2D eigenvalue weighted by Gasteiger charge is 2.31. The topological polar surface area (TPSA) is 80.6 Å². The maximum absolute atomic E-state index is 12.8. The summed E-state index contributed by atoms with van der Waals surface area (Å²) in [4.78, 5) is 12.9. The molecule has 1 aliphatic carbocycles. The van der Waals surface area contributed by atoms with Crippen LogP contribution in [0, 0.1) is 11.8 Å². The molecule has 1 aliphatic heterocycles. The number of nitrogens with zero attached hydrogens (tertiary/aromatic N) is 2. The summed E-state index contributed by atoms with van der Waals surface area (Å²) >= 11 is 0. The van der Waals surface area contributed by atoms with E-state index in [9.17, 15) is 13.2 Å². The summed E-state index contributed by atoms with van der Waals surface area (Å²) in [6.07, 6.45) is 4.80. The van der Waals surface area contributed by atoms with Crippen LogP contribution in [0.1, 0.15) is 43.6 Å². The molecule has 1 amide bonds. The van der Waals surface area contributed by atoms with Gasteiger partial charge in [-0.05, 0) is 24.3 Å². The first-order chi connectivity index (χ1) is 12.3. The van der Waals surface area contributed by atoms with Gasteiger partial charge in [0.2, 0.25) is 10.0 Å². The molecule has 3 unspecified atom stereocenters. The first kappa shape index (κ1) is 19.4. The molecule has 2 fully saturated rings. The van der Waals surface area contributed by atoms with Gasteiger partial charge >= 0.3 is 0 Å². The zero-order chi connectivity index (χ0) is 18.9. The fraction of sp³-hybridized carbons (Fsp3) is 0.722. The Kier molecular flexibility index (Phi) is 5.74. The molecule has 0 radical (unpaired) electrons. The van der Waals surface area contributed by atoms with E-state index in [4.69, 9.17) is 4.74 Å². The number of rotatable bonds is 4. The Balaban J connectivity index is 1.76. The lowest BCUT2D eigenvalue weighted by Gasteiger charge is -2.34. The van der Waals surface area contributed by atoms with Crippen LogP contribution in [0.5, 0.6) is 0 Å². The van der Waals surface area contributed by atoms with Gasteiger partial charge in [-0.15, -0.1) is 0 Å². The van der Waals surface area contributed by atoms with Crippen LogP contribution in [-0.2, 0) is 21.8 Å². The van der Waals surface area contributed by atoms with Crippen LogP contribution in [0.4, 0.5) is 0 Å². The molecule has 3 atom stereocenters. The fourth-order valence-corrected chi connectivity index (χ4v) is 5.34. The number of aromatic nitrogens is 1. The van der Waals surface area contributed by atoms with Crippen LogP contribution in [0.15, 0.2) is 17.2 Å². The Bertz CT molecular complexity index is 752. The summed E-state index contributed by atoms with van der Waals surface area (Å²) < 4.78 is 33.8. The van der Waals surface area contributed by atoms with Crippen LogP contribution in [-0.4, -0.2) is 55.5 Å². The molecular weight excluding hydrogens is 354 g/mol. The normalized spacial score (nSPS) is 28.0. The Morgan fingerprint density at radius 2 is 1.92 bits per heavy atom. The standard InChI is InChI=1S/C18H29N3O4S/c1-13-5-4-6-16(14(13)2)19-18(22)17-11-15(12-20(17)3)26(23,24)21-7-9-25-10-8-21/h11-14,16H,4-10H2,1-3H3,(H,19,22). The lowest BCUT2D eigenvalue weighted by molar-refractivity contribution is 0.0730. The first-order valence-corrected chi connectivity index (χ1v) is 10.8. The maximum Gasteiger partial charge on any atom is 0.268 e. The number of ether oxygens (including phenoxy) is 1. The van der Waals surface area contributed by atoms with E-state index in [1.54, 1.807) is 11.6 Å². The lowest BCUT2D eigenvalue weighted by atomic mass is 9.78. The highest BCUT2D eigenvalue weighted by molar-refractivity contribution is 7.89. The fourth-order valence-electron chi connectivity index (χ4n) is 3.87. The average Bonchev–Trinajstić information content (AvgIpc) is 3.02. The third kappa shape index (κ3) is 3.82. The minimum atomic E-state index is -3.60. The maximum atomic E-state index is 12.8. The predicted octanol–water partition coefficient (Wildman–Crippen LogP) is 1.60. The van der Waals surface area contributed by atoms with Gasteiger partial charge in [-0.2, -0.15) is 4.31 Å². The van der Waals surface area contributed by atoms with Crippen molar-refractivity contribution in [2.24, 2.45) is 18.9 Å². The number of amides is 1. The van der Waals surface area contributed by atoms with Gasteiger partial charge in [0.05, 0.1) is 13.2 Å². The number of carbonyl (C=O) groups is 1. The molecule has 3 rings (SSSR count). The molecule has 1 N–H and O–H groups in total. The van der Waals surface area contributed by atoms with Crippen molar-refractivity contribution in [2.75, 3.05) is 26.3 Å². The van der Waals surface area contributed by atoms with Crippen molar-refractivity contribution < 1.29 is 17.9 Å². The third-order valence-corrected chi connectivity index (χ3v) is 7.71. The first-order valence-electron chi connectivity index (χ1n) is 9.36. The number of sulfonamides is 1. The van der Waals surface area contributed by atoms with Gasteiger partial charge in [0.25, 0.3) is 5.91 Å². The molecule has 0 aromatic carbocycles.